The van der Waals surface area contributed by atoms with Gasteiger partial charge in [0, 0.05) is 53.4 Å². The number of hydrogen-bond donors (Lipinski definition) is 6. The Labute approximate surface area is 299 Å². The number of fused-ring (bicyclic) bond motifs is 3. The first-order chi connectivity index (χ1) is 24.3. The number of benzene rings is 3. The predicted octanol–water partition coefficient (Wildman–Crippen LogP) is 4.39. The monoisotopic (exact) mass is 697 g/mol. The lowest BCUT2D eigenvalue weighted by atomic mass is 10.0. The second-order valence-electron chi connectivity index (χ2n) is 13.0. The van der Waals surface area contributed by atoms with Gasteiger partial charge in [-0.25, -0.2) is 0 Å². The SMILES string of the molecule is CCc1ccc2c(c1)CNC(=O)[C@H](Cc1c[nH]c3ccccc13)N(C)C(=O)[C@H](CCCCN)NC(=O)[C@@H](CCCN)NCc1ccccc1S2. The van der Waals surface area contributed by atoms with Gasteiger partial charge in [-0.15, -0.1) is 0 Å². The molecule has 0 bridgehead atoms. The van der Waals surface area contributed by atoms with Crippen LogP contribution in [0.2, 0.25) is 0 Å². The number of para-hydroxylation sites is 1. The molecule has 1 aliphatic heterocycles. The van der Waals surface area contributed by atoms with E-state index in [1.165, 1.54) is 10.5 Å². The number of aromatic amines is 1. The van der Waals surface area contributed by atoms with Gasteiger partial charge >= 0.3 is 0 Å². The highest BCUT2D eigenvalue weighted by Gasteiger charge is 2.34. The molecule has 50 heavy (non-hydrogen) atoms. The molecule has 8 N–H and O–H groups in total. The highest BCUT2D eigenvalue weighted by molar-refractivity contribution is 7.99. The Morgan fingerprint density at radius 2 is 1.56 bits per heavy atom. The fourth-order valence-electron chi connectivity index (χ4n) is 6.48. The number of rotatable bonds is 10. The Morgan fingerprint density at radius 3 is 2.36 bits per heavy atom. The number of nitrogens with zero attached hydrogens (tertiary/aromatic N) is 1. The molecule has 0 saturated carbocycles. The third-order valence-electron chi connectivity index (χ3n) is 9.50. The summed E-state index contributed by atoms with van der Waals surface area (Å²) in [5.41, 5.74) is 16.8. The quantitative estimate of drug-likeness (QED) is 0.134. The summed E-state index contributed by atoms with van der Waals surface area (Å²) in [5.74, 6) is -0.836. The van der Waals surface area contributed by atoms with Crippen LogP contribution in [0.4, 0.5) is 0 Å². The molecule has 3 aromatic carbocycles. The number of H-pyrrole nitrogens is 1. The summed E-state index contributed by atoms with van der Waals surface area (Å²) in [5, 5.41) is 10.7. The van der Waals surface area contributed by atoms with Gasteiger partial charge in [0.1, 0.15) is 12.1 Å². The third-order valence-corrected chi connectivity index (χ3v) is 10.7. The van der Waals surface area contributed by atoms with Crippen LogP contribution in [0.5, 0.6) is 0 Å². The van der Waals surface area contributed by atoms with Gasteiger partial charge in [0.2, 0.25) is 17.7 Å². The lowest BCUT2D eigenvalue weighted by Gasteiger charge is -2.32. The maximum atomic E-state index is 14.4. The zero-order chi connectivity index (χ0) is 35.5. The lowest BCUT2D eigenvalue weighted by molar-refractivity contribution is -0.142. The van der Waals surface area contributed by atoms with Crippen molar-refractivity contribution in [2.24, 2.45) is 11.5 Å². The number of unbranched alkanes of at least 4 members (excludes halogenated alkanes) is 1. The number of amides is 3. The Kier molecular flexibility index (Phi) is 13.5. The van der Waals surface area contributed by atoms with Gasteiger partial charge in [0.25, 0.3) is 0 Å². The van der Waals surface area contributed by atoms with Gasteiger partial charge in [-0.2, -0.15) is 0 Å². The molecule has 0 saturated heterocycles. The topological polar surface area (TPSA) is 158 Å². The first-order valence-corrected chi connectivity index (χ1v) is 18.5. The Hall–Kier alpha value is -4.16. The van der Waals surface area contributed by atoms with Crippen molar-refractivity contribution < 1.29 is 14.4 Å². The molecule has 4 aromatic rings. The van der Waals surface area contributed by atoms with Crippen molar-refractivity contribution in [2.75, 3.05) is 20.1 Å². The number of nitrogens with one attached hydrogen (secondary N) is 4. The van der Waals surface area contributed by atoms with Crippen LogP contribution in [0.1, 0.15) is 61.3 Å². The third kappa shape index (κ3) is 9.33. The molecule has 10 nitrogen and oxygen atoms in total. The zero-order valence-corrected chi connectivity index (χ0v) is 30.0. The van der Waals surface area contributed by atoms with Crippen LogP contribution in [0.3, 0.4) is 0 Å². The van der Waals surface area contributed by atoms with Crippen molar-refractivity contribution in [1.29, 1.82) is 0 Å². The number of aromatic nitrogens is 1. The molecule has 0 fully saturated rings. The largest absolute Gasteiger partial charge is 0.361 e. The highest BCUT2D eigenvalue weighted by atomic mass is 32.2. The number of likely N-dealkylation sites (N-methyl/N-ethyl adjacent to an activating group) is 1. The van der Waals surface area contributed by atoms with E-state index in [9.17, 15) is 14.4 Å². The fraction of sp³-hybridized carbons (Fsp3) is 0.410. The molecule has 3 amide bonds. The first kappa shape index (κ1) is 37.1. The highest BCUT2D eigenvalue weighted by Crippen LogP contribution is 2.34. The van der Waals surface area contributed by atoms with Crippen molar-refractivity contribution in [3.05, 3.63) is 95.2 Å². The van der Waals surface area contributed by atoms with E-state index < -0.39 is 18.1 Å². The number of hydrogen-bond acceptors (Lipinski definition) is 7. The average Bonchev–Trinajstić information content (AvgIpc) is 3.55. The van der Waals surface area contributed by atoms with Gasteiger partial charge in [0.05, 0.1) is 6.04 Å². The first-order valence-electron chi connectivity index (χ1n) is 17.7. The molecule has 0 spiro atoms. The van der Waals surface area contributed by atoms with Crippen molar-refractivity contribution in [2.45, 2.75) is 92.9 Å². The Bertz CT molecular complexity index is 1760. The normalized spacial score (nSPS) is 19.4. The second-order valence-corrected chi connectivity index (χ2v) is 14.0. The minimum absolute atomic E-state index is 0.261. The summed E-state index contributed by atoms with van der Waals surface area (Å²) < 4.78 is 0. The van der Waals surface area contributed by atoms with Crippen LogP contribution in [-0.4, -0.2) is 65.9 Å². The van der Waals surface area contributed by atoms with Crippen molar-refractivity contribution in [3.8, 4) is 0 Å². The number of aryl methyl sites for hydroxylation is 1. The standard InChI is InChI=1S/C39H51N7O3S/c1-3-26-17-18-36-29(21-26)25-44-38(48)34(22-28-24-42-31-13-6-5-12-30(28)31)46(2)39(49)33(14-8-9-19-40)45-37(47)32(15-10-20-41)43-23-27-11-4-7-16-35(27)50-36/h4-7,11-13,16-18,21,24,32-34,42-43H,3,8-10,14-15,19-20,22-23,25,40-41H2,1-2H3,(H,44,48)(H,45,47)/t32-,33+,34+/m1/s1. The van der Waals surface area contributed by atoms with E-state index in [1.807, 2.05) is 42.6 Å². The van der Waals surface area contributed by atoms with Crippen LogP contribution < -0.4 is 27.4 Å². The molecule has 3 atom stereocenters. The minimum Gasteiger partial charge on any atom is -0.361 e. The maximum Gasteiger partial charge on any atom is 0.245 e. The molecular weight excluding hydrogens is 647 g/mol. The molecule has 0 aliphatic carbocycles. The van der Waals surface area contributed by atoms with Gasteiger partial charge in [-0.05, 0) is 92.1 Å². The van der Waals surface area contributed by atoms with Crippen LogP contribution in [0.25, 0.3) is 10.9 Å². The molecule has 1 aliphatic rings. The van der Waals surface area contributed by atoms with E-state index in [4.69, 9.17) is 11.5 Å². The van der Waals surface area contributed by atoms with Crippen molar-refractivity contribution >= 4 is 40.4 Å². The summed E-state index contributed by atoms with van der Waals surface area (Å²) in [6.45, 7) is 3.81. The van der Waals surface area contributed by atoms with Crippen molar-refractivity contribution in [1.82, 2.24) is 25.8 Å². The maximum absolute atomic E-state index is 14.4. The van der Waals surface area contributed by atoms with Gasteiger partial charge in [0.15, 0.2) is 0 Å². The predicted molar refractivity (Wildman–Crippen MR) is 201 cm³/mol. The average molecular weight is 698 g/mol. The van der Waals surface area contributed by atoms with Gasteiger partial charge in [-0.3, -0.25) is 14.4 Å². The molecule has 2 heterocycles. The van der Waals surface area contributed by atoms with E-state index >= 15 is 0 Å². The van der Waals surface area contributed by atoms with Crippen LogP contribution in [0.15, 0.2) is 82.7 Å². The van der Waals surface area contributed by atoms with Gasteiger partial charge < -0.3 is 37.3 Å². The Morgan fingerprint density at radius 1 is 0.820 bits per heavy atom. The van der Waals surface area contributed by atoms with E-state index in [1.54, 1.807) is 18.8 Å². The smallest absolute Gasteiger partial charge is 0.245 e. The zero-order valence-electron chi connectivity index (χ0n) is 29.2. The summed E-state index contributed by atoms with van der Waals surface area (Å²) in [6, 6.07) is 20.3. The van der Waals surface area contributed by atoms with Crippen LogP contribution >= 0.6 is 11.8 Å². The molecule has 5 rings (SSSR count). The van der Waals surface area contributed by atoms with Crippen LogP contribution in [0, 0.1) is 0 Å². The molecular formula is C39H51N7O3S. The van der Waals surface area contributed by atoms with Gasteiger partial charge in [-0.1, -0.05) is 67.2 Å². The number of carbonyl (C=O) groups excluding carboxylic acids is 3. The van der Waals surface area contributed by atoms with E-state index in [0.29, 0.717) is 64.7 Å². The summed E-state index contributed by atoms with van der Waals surface area (Å²) in [4.78, 5) is 49.6. The molecule has 0 radical (unpaired) electrons. The Balaban J connectivity index is 1.56. The van der Waals surface area contributed by atoms with Crippen molar-refractivity contribution in [3.63, 3.8) is 0 Å². The molecule has 266 valence electrons. The fourth-order valence-corrected chi connectivity index (χ4v) is 7.53. The molecule has 11 heteroatoms. The second kappa shape index (κ2) is 18.2. The van der Waals surface area contributed by atoms with E-state index in [0.717, 1.165) is 43.8 Å². The number of nitrogens with two attached hydrogens (primary N) is 2. The van der Waals surface area contributed by atoms with Crippen LogP contribution in [-0.2, 0) is 40.3 Å². The lowest BCUT2D eigenvalue weighted by Crippen LogP contribution is -2.57. The van der Waals surface area contributed by atoms with E-state index in [-0.39, 0.29) is 17.7 Å². The number of carbonyl (C=O) groups is 3. The molecule has 0 unspecified atom stereocenters. The summed E-state index contributed by atoms with van der Waals surface area (Å²) in [6.07, 6.45) is 6.01. The summed E-state index contributed by atoms with van der Waals surface area (Å²) in [7, 11) is 1.66. The minimum atomic E-state index is -0.830. The van der Waals surface area contributed by atoms with E-state index in [2.05, 4.69) is 58.2 Å². The molecule has 1 aromatic heterocycles. The summed E-state index contributed by atoms with van der Waals surface area (Å²) >= 11 is 1.65.